The van der Waals surface area contributed by atoms with Gasteiger partial charge < -0.3 is 121 Å². The third kappa shape index (κ3) is 41.3. The summed E-state index contributed by atoms with van der Waals surface area (Å²) in [6.45, 7) is 3.81. The second kappa shape index (κ2) is 59.7. The van der Waals surface area contributed by atoms with Gasteiger partial charge in [0, 0.05) is 52.6 Å². The summed E-state index contributed by atoms with van der Waals surface area (Å²) in [6.07, 6.45) is 18.0. The van der Waals surface area contributed by atoms with E-state index < -0.39 is 166 Å². The number of nitrogens with one attached hydrogen (secondary N) is 5. The second-order valence-corrected chi connectivity index (χ2v) is 30.6. The summed E-state index contributed by atoms with van der Waals surface area (Å²) in [6, 6.07) is -3.96. The van der Waals surface area contributed by atoms with Crippen molar-refractivity contribution in [1.82, 2.24) is 26.6 Å². The van der Waals surface area contributed by atoms with Gasteiger partial charge in [-0.25, -0.2) is 4.79 Å². The number of carboxylic acid groups (broad SMARTS) is 1. The molecule has 109 heavy (non-hydrogen) atoms. The van der Waals surface area contributed by atoms with E-state index in [1.807, 2.05) is 0 Å². The van der Waals surface area contributed by atoms with Gasteiger partial charge in [0.2, 0.25) is 29.5 Å². The standard InChI is InChI=1S/C79H147N5O25/c1-5-7-9-11-13-15-17-19-20-21-22-23-24-25-26-27-28-29-31-33-35-37-39-45-65(93)84-57(68(94)58(88)42-38-36-34-32-30-18-16-14-12-10-8-6-2)53-105-77-74(100)73(99)70(96)61(107-77)51-81-64(92)44-41-40-43-63(91)80-46-47-103-48-49-104-76-67(83-56(4)87)72(98)71(97)62(108-76)54-106-79(78(101)102)50-59(89)66(82-55(3)86)75(109-79)69(95)60(90)52-85/h57-62,66-77,85,88-90,94-100H,5-54H2,1-4H3,(H,80,91)(H,81,92)(H,82,86)(H,83,87)(H,84,93)(H,101,102)/t57-,58+,59-,60+,61+,62+,66+,67+,68-,69+,70-,71-,72+,73-,74+,75+,76-,77-,79+/m0/s1. The molecule has 3 aliphatic rings. The van der Waals surface area contributed by atoms with Crippen molar-refractivity contribution in [2.45, 2.75) is 413 Å². The zero-order chi connectivity index (χ0) is 80.2. The molecule has 3 fully saturated rings. The summed E-state index contributed by atoms with van der Waals surface area (Å²) in [5.41, 5.74) is 0. The third-order valence-electron chi connectivity index (χ3n) is 21.0. The van der Waals surface area contributed by atoms with Gasteiger partial charge in [0.05, 0.1) is 63.9 Å². The van der Waals surface area contributed by atoms with Crippen LogP contribution in [0, 0.1) is 0 Å². The molecule has 17 N–H and O–H groups in total. The molecule has 5 amide bonds. The number of hydrogen-bond donors (Lipinski definition) is 17. The fourth-order valence-electron chi connectivity index (χ4n) is 14.3. The van der Waals surface area contributed by atoms with Crippen LogP contribution in [0.5, 0.6) is 0 Å². The number of hydrogen-bond acceptors (Lipinski definition) is 24. The zero-order valence-corrected chi connectivity index (χ0v) is 66.4. The van der Waals surface area contributed by atoms with Crippen LogP contribution >= 0.6 is 0 Å². The van der Waals surface area contributed by atoms with Crippen molar-refractivity contribution in [1.29, 1.82) is 0 Å². The first-order chi connectivity index (χ1) is 52.4. The van der Waals surface area contributed by atoms with Gasteiger partial charge in [0.25, 0.3) is 5.79 Å². The minimum absolute atomic E-state index is 0.00110. The Kier molecular flexibility index (Phi) is 54.4. The van der Waals surface area contributed by atoms with E-state index in [1.165, 1.54) is 161 Å². The van der Waals surface area contributed by atoms with E-state index in [1.54, 1.807) is 0 Å². The summed E-state index contributed by atoms with van der Waals surface area (Å²) in [5, 5.41) is 142. The van der Waals surface area contributed by atoms with Crippen molar-refractivity contribution >= 4 is 35.5 Å². The molecule has 0 saturated carbocycles. The number of aliphatic hydroxyl groups is 11. The molecule has 3 saturated heterocycles. The second-order valence-electron chi connectivity index (χ2n) is 30.6. The molecule has 3 heterocycles. The fraction of sp³-hybridized carbons (Fsp3) is 0.924. The van der Waals surface area contributed by atoms with Crippen LogP contribution in [0.3, 0.4) is 0 Å². The molecule has 19 atom stereocenters. The lowest BCUT2D eigenvalue weighted by atomic mass is 9.88. The van der Waals surface area contributed by atoms with Crippen molar-refractivity contribution in [2.75, 3.05) is 52.7 Å². The molecular weight excluding hydrogens is 1420 g/mol. The highest BCUT2D eigenvalue weighted by Gasteiger charge is 2.57. The van der Waals surface area contributed by atoms with Crippen LogP contribution in [0.2, 0.25) is 0 Å². The van der Waals surface area contributed by atoms with Crippen LogP contribution < -0.4 is 26.6 Å². The van der Waals surface area contributed by atoms with Gasteiger partial charge in [-0.3, -0.25) is 24.0 Å². The highest BCUT2D eigenvalue weighted by Crippen LogP contribution is 2.35. The predicted molar refractivity (Wildman–Crippen MR) is 407 cm³/mol. The molecule has 30 nitrogen and oxygen atoms in total. The van der Waals surface area contributed by atoms with E-state index in [9.17, 15) is 90.0 Å². The first-order valence-electron chi connectivity index (χ1n) is 41.9. The van der Waals surface area contributed by atoms with Crippen molar-refractivity contribution in [3.63, 3.8) is 0 Å². The largest absolute Gasteiger partial charge is 0.477 e. The lowest BCUT2D eigenvalue weighted by Crippen LogP contribution is -2.69. The average molecular weight is 1570 g/mol. The van der Waals surface area contributed by atoms with Crippen LogP contribution in [-0.2, 0) is 61.9 Å². The molecule has 3 rings (SSSR count). The number of amides is 5. The molecule has 0 aliphatic carbocycles. The van der Waals surface area contributed by atoms with E-state index in [2.05, 4.69) is 40.4 Å². The lowest BCUT2D eigenvalue weighted by molar-refractivity contribution is -0.330. The summed E-state index contributed by atoms with van der Waals surface area (Å²) in [5.74, 6) is -7.12. The molecular formula is C79H147N5O25. The quantitative estimate of drug-likeness (QED) is 0.0337. The Bertz CT molecular complexity index is 2400. The molecule has 0 aromatic carbocycles. The van der Waals surface area contributed by atoms with Gasteiger partial charge in [-0.2, -0.15) is 0 Å². The van der Waals surface area contributed by atoms with Crippen LogP contribution in [0.15, 0.2) is 0 Å². The number of carbonyl (C=O) groups excluding carboxylic acids is 5. The highest BCUT2D eigenvalue weighted by atomic mass is 16.7. The lowest BCUT2D eigenvalue weighted by Gasteiger charge is -2.47. The summed E-state index contributed by atoms with van der Waals surface area (Å²) >= 11 is 0. The van der Waals surface area contributed by atoms with Gasteiger partial charge >= 0.3 is 5.97 Å². The maximum absolute atomic E-state index is 13.4. The molecule has 0 aromatic heterocycles. The third-order valence-corrected chi connectivity index (χ3v) is 21.0. The van der Waals surface area contributed by atoms with Gasteiger partial charge in [-0.05, 0) is 25.7 Å². The van der Waals surface area contributed by atoms with Gasteiger partial charge in [-0.15, -0.1) is 0 Å². The summed E-state index contributed by atoms with van der Waals surface area (Å²) in [4.78, 5) is 75.9. The van der Waals surface area contributed by atoms with E-state index >= 15 is 0 Å². The molecule has 0 unspecified atom stereocenters. The van der Waals surface area contributed by atoms with Crippen LogP contribution in [0.1, 0.15) is 297 Å². The Labute approximate surface area is 648 Å². The smallest absolute Gasteiger partial charge is 0.364 e. The normalized spacial score (nSPS) is 25.7. The van der Waals surface area contributed by atoms with Crippen molar-refractivity contribution in [3.8, 4) is 0 Å². The number of rotatable bonds is 66. The van der Waals surface area contributed by atoms with Crippen LogP contribution in [0.4, 0.5) is 0 Å². The van der Waals surface area contributed by atoms with Crippen molar-refractivity contribution in [3.05, 3.63) is 0 Å². The molecule has 30 heteroatoms. The molecule has 0 aromatic rings. The Hall–Kier alpha value is -3.90. The summed E-state index contributed by atoms with van der Waals surface area (Å²) < 4.78 is 40.2. The minimum atomic E-state index is -2.80. The van der Waals surface area contributed by atoms with Gasteiger partial charge in [0.15, 0.2) is 12.6 Å². The van der Waals surface area contributed by atoms with Crippen LogP contribution in [-0.4, -0.2) is 265 Å². The Morgan fingerprint density at radius 1 is 0.477 bits per heavy atom. The maximum Gasteiger partial charge on any atom is 0.364 e. The summed E-state index contributed by atoms with van der Waals surface area (Å²) in [7, 11) is 0. The number of ether oxygens (including phenoxy) is 7. The Balaban J connectivity index is 1.40. The Morgan fingerprint density at radius 3 is 1.40 bits per heavy atom. The van der Waals surface area contributed by atoms with E-state index in [0.29, 0.717) is 25.7 Å². The molecule has 3 aliphatic heterocycles. The average Bonchev–Trinajstić information content (AvgIpc) is 0.749. The molecule has 0 radical (unpaired) electrons. The number of aliphatic carboxylic acids is 1. The Morgan fingerprint density at radius 2 is 0.917 bits per heavy atom. The predicted octanol–water partition coefficient (Wildman–Crippen LogP) is 5.43. The van der Waals surface area contributed by atoms with E-state index in [-0.39, 0.29) is 70.4 Å². The number of unbranched alkanes of at least 4 members (excludes halogenated alkanes) is 34. The SMILES string of the molecule is CCCCCCCCCCCCCCCCCCCCCCCCCC(=O)N[C@@H](CO[C@H]1O[C@H](CNC(=O)CCCCC(=O)NCCOCCO[C@H]2O[C@H](CO[C@]3(C(=O)O)C[C@H](O)[C@@H](NC(C)=O)[C@H]([C@H](O)[C@H](O)CO)O3)[C@H](O)[C@H](O)[C@H]2NC(C)=O)[C@H](O)[C@H](O)[C@H]1O)[C@H](O)[C@H](O)CCCCCCCCCCCCCC. The molecule has 0 spiro atoms. The highest BCUT2D eigenvalue weighted by molar-refractivity contribution is 5.78. The monoisotopic (exact) mass is 1570 g/mol. The fourth-order valence-corrected chi connectivity index (χ4v) is 14.3. The van der Waals surface area contributed by atoms with E-state index in [0.717, 1.165) is 65.2 Å². The van der Waals surface area contributed by atoms with Crippen LogP contribution in [0.25, 0.3) is 0 Å². The van der Waals surface area contributed by atoms with Gasteiger partial charge in [-0.1, -0.05) is 232 Å². The zero-order valence-electron chi connectivity index (χ0n) is 66.4. The molecule has 638 valence electrons. The molecule has 0 bridgehead atoms. The number of aliphatic hydroxyl groups excluding tert-OH is 11. The first kappa shape index (κ1) is 99.3. The first-order valence-corrected chi connectivity index (χ1v) is 41.9. The van der Waals surface area contributed by atoms with Gasteiger partial charge in [0.1, 0.15) is 73.2 Å². The maximum atomic E-state index is 13.4. The van der Waals surface area contributed by atoms with E-state index in [4.69, 9.17) is 33.2 Å². The van der Waals surface area contributed by atoms with Crippen molar-refractivity contribution < 1.29 is 123 Å². The number of carbonyl (C=O) groups is 6. The van der Waals surface area contributed by atoms with Crippen molar-refractivity contribution in [2.24, 2.45) is 0 Å². The minimum Gasteiger partial charge on any atom is -0.477 e. The topological polar surface area (TPSA) is 470 Å². The number of carboxylic acids is 1.